The molecule has 2 aromatic rings. The third kappa shape index (κ3) is 2.71. The Bertz CT molecular complexity index is 543. The van der Waals surface area contributed by atoms with Gasteiger partial charge in [0, 0.05) is 12.4 Å². The third-order valence-corrected chi connectivity index (χ3v) is 2.79. The van der Waals surface area contributed by atoms with Gasteiger partial charge in [0.2, 0.25) is 0 Å². The van der Waals surface area contributed by atoms with E-state index < -0.39 is 11.9 Å². The fourth-order valence-electron chi connectivity index (χ4n) is 1.83. The van der Waals surface area contributed by atoms with Crippen molar-refractivity contribution < 1.29 is 14.3 Å². The summed E-state index contributed by atoms with van der Waals surface area (Å²) in [6.45, 7) is 0. The summed E-state index contributed by atoms with van der Waals surface area (Å²) in [5.41, 5.74) is 1.03. The largest absolute Gasteiger partial charge is 0.481 e. The van der Waals surface area contributed by atoms with E-state index in [1.165, 1.54) is 18.5 Å². The molecule has 0 fully saturated rings. The molecule has 0 aliphatic rings. The summed E-state index contributed by atoms with van der Waals surface area (Å²) < 4.78 is 13.5. The first-order valence-electron chi connectivity index (χ1n) is 5.54. The van der Waals surface area contributed by atoms with Crippen LogP contribution in [0.5, 0.6) is 0 Å². The van der Waals surface area contributed by atoms with Gasteiger partial charge in [-0.15, -0.1) is 0 Å². The molecule has 1 aromatic heterocycles. The zero-order chi connectivity index (χ0) is 13.0. The van der Waals surface area contributed by atoms with Crippen molar-refractivity contribution in [1.29, 1.82) is 0 Å². The Morgan fingerprint density at radius 1 is 1.22 bits per heavy atom. The number of carboxylic acid groups (broad SMARTS) is 1. The van der Waals surface area contributed by atoms with E-state index in [0.29, 0.717) is 11.1 Å². The zero-order valence-corrected chi connectivity index (χ0v) is 9.58. The number of hydrogen-bond donors (Lipinski definition) is 1. The van der Waals surface area contributed by atoms with Crippen molar-refractivity contribution in [2.24, 2.45) is 0 Å². The molecule has 0 radical (unpaired) electrons. The number of aromatic nitrogens is 1. The lowest BCUT2D eigenvalue weighted by Crippen LogP contribution is -2.15. The van der Waals surface area contributed by atoms with Crippen LogP contribution in [0.25, 0.3) is 0 Å². The van der Waals surface area contributed by atoms with Crippen LogP contribution in [0.1, 0.15) is 17.0 Å². The molecule has 0 saturated carbocycles. The normalized spacial score (nSPS) is 12.1. The minimum Gasteiger partial charge on any atom is -0.481 e. The average molecular weight is 245 g/mol. The van der Waals surface area contributed by atoms with E-state index >= 15 is 0 Å². The van der Waals surface area contributed by atoms with Crippen LogP contribution in [0.3, 0.4) is 0 Å². The lowest BCUT2D eigenvalue weighted by Gasteiger charge is -2.13. The molecule has 1 heterocycles. The fraction of sp³-hybridized carbons (Fsp3) is 0.143. The number of carbonyl (C=O) groups is 1. The first-order valence-corrected chi connectivity index (χ1v) is 5.54. The molecule has 2 rings (SSSR count). The molecule has 0 bridgehead atoms. The van der Waals surface area contributed by atoms with Gasteiger partial charge in [0.05, 0.1) is 5.92 Å². The van der Waals surface area contributed by atoms with Crippen LogP contribution in [0.2, 0.25) is 0 Å². The SMILES string of the molecule is O=C(O)C(Cc1ccccc1F)c1ccncc1. The van der Waals surface area contributed by atoms with Crippen molar-refractivity contribution in [2.75, 3.05) is 0 Å². The van der Waals surface area contributed by atoms with Gasteiger partial charge < -0.3 is 5.11 Å². The van der Waals surface area contributed by atoms with Crippen LogP contribution < -0.4 is 0 Å². The van der Waals surface area contributed by atoms with Crippen molar-refractivity contribution in [3.05, 3.63) is 65.7 Å². The zero-order valence-electron chi connectivity index (χ0n) is 9.58. The van der Waals surface area contributed by atoms with E-state index in [0.717, 1.165) is 0 Å². The second-order valence-electron chi connectivity index (χ2n) is 3.97. The maximum Gasteiger partial charge on any atom is 0.311 e. The minimum atomic E-state index is -0.968. The van der Waals surface area contributed by atoms with E-state index in [1.54, 1.807) is 30.3 Å². The molecule has 1 N–H and O–H groups in total. The highest BCUT2D eigenvalue weighted by molar-refractivity contribution is 5.76. The van der Waals surface area contributed by atoms with Crippen molar-refractivity contribution >= 4 is 5.97 Å². The van der Waals surface area contributed by atoms with E-state index in [9.17, 15) is 14.3 Å². The molecule has 3 nitrogen and oxygen atoms in total. The minimum absolute atomic E-state index is 0.131. The highest BCUT2D eigenvalue weighted by atomic mass is 19.1. The summed E-state index contributed by atoms with van der Waals surface area (Å²) in [7, 11) is 0. The quantitative estimate of drug-likeness (QED) is 0.900. The van der Waals surface area contributed by atoms with Gasteiger partial charge in [-0.2, -0.15) is 0 Å². The van der Waals surface area contributed by atoms with E-state index in [4.69, 9.17) is 0 Å². The van der Waals surface area contributed by atoms with Crippen LogP contribution in [0, 0.1) is 5.82 Å². The number of rotatable bonds is 4. The number of halogens is 1. The maximum atomic E-state index is 13.5. The Hall–Kier alpha value is -2.23. The monoisotopic (exact) mass is 245 g/mol. The lowest BCUT2D eigenvalue weighted by atomic mass is 9.92. The van der Waals surface area contributed by atoms with E-state index in [-0.39, 0.29) is 12.2 Å². The van der Waals surface area contributed by atoms with Crippen molar-refractivity contribution in [3.63, 3.8) is 0 Å². The molecule has 92 valence electrons. The van der Waals surface area contributed by atoms with Crippen molar-refractivity contribution in [2.45, 2.75) is 12.3 Å². The topological polar surface area (TPSA) is 50.2 Å². The molecule has 0 spiro atoms. The number of carboxylic acids is 1. The van der Waals surface area contributed by atoms with Gasteiger partial charge in [-0.1, -0.05) is 18.2 Å². The summed E-state index contributed by atoms with van der Waals surface area (Å²) >= 11 is 0. The molecule has 0 aliphatic carbocycles. The summed E-state index contributed by atoms with van der Waals surface area (Å²) in [6.07, 6.45) is 3.20. The third-order valence-electron chi connectivity index (χ3n) is 2.79. The highest BCUT2D eigenvalue weighted by Crippen LogP contribution is 2.22. The van der Waals surface area contributed by atoms with Crippen molar-refractivity contribution in [1.82, 2.24) is 4.98 Å². The molecular weight excluding hydrogens is 233 g/mol. The fourth-order valence-corrected chi connectivity index (χ4v) is 1.83. The van der Waals surface area contributed by atoms with Gasteiger partial charge in [0.1, 0.15) is 5.82 Å². The van der Waals surface area contributed by atoms with Crippen LogP contribution in [-0.2, 0) is 11.2 Å². The van der Waals surface area contributed by atoms with E-state index in [1.807, 2.05) is 0 Å². The first kappa shape index (κ1) is 12.2. The van der Waals surface area contributed by atoms with E-state index in [2.05, 4.69) is 4.98 Å². The van der Waals surface area contributed by atoms with Gasteiger partial charge in [-0.05, 0) is 35.7 Å². The summed E-state index contributed by atoms with van der Waals surface area (Å²) in [5, 5.41) is 9.24. The number of pyridine rings is 1. The number of benzene rings is 1. The smallest absolute Gasteiger partial charge is 0.311 e. The second kappa shape index (κ2) is 5.40. The number of nitrogens with zero attached hydrogens (tertiary/aromatic N) is 1. The Labute approximate surface area is 104 Å². The van der Waals surface area contributed by atoms with Gasteiger partial charge in [-0.3, -0.25) is 9.78 Å². The molecule has 1 atom stereocenters. The molecule has 0 aliphatic heterocycles. The Morgan fingerprint density at radius 3 is 2.50 bits per heavy atom. The average Bonchev–Trinajstić information content (AvgIpc) is 2.38. The maximum absolute atomic E-state index is 13.5. The summed E-state index contributed by atoms with van der Waals surface area (Å²) in [6, 6.07) is 9.50. The van der Waals surface area contributed by atoms with Crippen molar-refractivity contribution in [3.8, 4) is 0 Å². The molecule has 1 aromatic carbocycles. The van der Waals surface area contributed by atoms with Crippen LogP contribution in [0.4, 0.5) is 4.39 Å². The summed E-state index contributed by atoms with van der Waals surface area (Å²) in [5.74, 6) is -2.10. The second-order valence-corrected chi connectivity index (χ2v) is 3.97. The van der Waals surface area contributed by atoms with Gasteiger partial charge >= 0.3 is 5.97 Å². The Kier molecular flexibility index (Phi) is 3.67. The number of hydrogen-bond acceptors (Lipinski definition) is 2. The molecule has 0 saturated heterocycles. The van der Waals surface area contributed by atoms with Gasteiger partial charge in [-0.25, -0.2) is 4.39 Å². The van der Waals surface area contributed by atoms with Crippen LogP contribution in [0.15, 0.2) is 48.8 Å². The molecule has 1 unspecified atom stereocenters. The highest BCUT2D eigenvalue weighted by Gasteiger charge is 2.21. The summed E-state index contributed by atoms with van der Waals surface area (Å²) in [4.78, 5) is 15.1. The van der Waals surface area contributed by atoms with Gasteiger partial charge in [0.15, 0.2) is 0 Å². The predicted molar refractivity (Wildman–Crippen MR) is 64.7 cm³/mol. The molecule has 0 amide bonds. The predicted octanol–water partition coefficient (Wildman–Crippen LogP) is 2.63. The Balaban J connectivity index is 2.28. The Morgan fingerprint density at radius 2 is 1.89 bits per heavy atom. The van der Waals surface area contributed by atoms with Crippen LogP contribution >= 0.6 is 0 Å². The number of aliphatic carboxylic acids is 1. The van der Waals surface area contributed by atoms with Crippen LogP contribution in [-0.4, -0.2) is 16.1 Å². The molecule has 4 heteroatoms. The molecular formula is C14H12FNO2. The molecule has 18 heavy (non-hydrogen) atoms. The van der Waals surface area contributed by atoms with Gasteiger partial charge in [0.25, 0.3) is 0 Å². The standard InChI is InChI=1S/C14H12FNO2/c15-13-4-2-1-3-11(13)9-12(14(17)18)10-5-7-16-8-6-10/h1-8,12H,9H2,(H,17,18). The lowest BCUT2D eigenvalue weighted by molar-refractivity contribution is -0.138. The first-order chi connectivity index (χ1) is 8.68.